The van der Waals surface area contributed by atoms with E-state index in [0.29, 0.717) is 54.1 Å². The predicted molar refractivity (Wildman–Crippen MR) is 127 cm³/mol. The summed E-state index contributed by atoms with van der Waals surface area (Å²) in [5.41, 5.74) is 3.11. The molecule has 2 heterocycles. The van der Waals surface area contributed by atoms with Gasteiger partial charge in [0, 0.05) is 23.6 Å². The van der Waals surface area contributed by atoms with Gasteiger partial charge in [0.25, 0.3) is 5.91 Å². The molecule has 1 aliphatic heterocycles. The van der Waals surface area contributed by atoms with Gasteiger partial charge in [0.1, 0.15) is 17.5 Å². The van der Waals surface area contributed by atoms with Crippen molar-refractivity contribution in [2.45, 2.75) is 46.8 Å². The molecule has 1 amide bonds. The third kappa shape index (κ3) is 5.11. The summed E-state index contributed by atoms with van der Waals surface area (Å²) in [4.78, 5) is 12.9. The monoisotopic (exact) mass is 466 g/mol. The highest BCUT2D eigenvalue weighted by molar-refractivity contribution is 5.95. The highest BCUT2D eigenvalue weighted by Gasteiger charge is 2.21. The summed E-state index contributed by atoms with van der Waals surface area (Å²) in [5.74, 6) is 2.72. The van der Waals surface area contributed by atoms with E-state index in [9.17, 15) is 4.79 Å². The number of fused-ring (bicyclic) bond motifs is 1. The Morgan fingerprint density at radius 2 is 1.74 bits per heavy atom. The average molecular weight is 467 g/mol. The smallest absolute Gasteiger partial charge is 0.251 e. The third-order valence-electron chi connectivity index (χ3n) is 5.34. The van der Waals surface area contributed by atoms with Gasteiger partial charge in [0.05, 0.1) is 26.4 Å². The molecule has 2 aromatic carbocycles. The molecule has 8 heteroatoms. The number of nitrogens with one attached hydrogen (secondary N) is 1. The van der Waals surface area contributed by atoms with Gasteiger partial charge in [-0.1, -0.05) is 5.16 Å². The summed E-state index contributed by atoms with van der Waals surface area (Å²) in [7, 11) is 0. The van der Waals surface area contributed by atoms with Gasteiger partial charge in [-0.3, -0.25) is 4.79 Å². The van der Waals surface area contributed by atoms with Crippen molar-refractivity contribution in [3.8, 4) is 34.3 Å². The van der Waals surface area contributed by atoms with Crippen LogP contribution in [0.2, 0.25) is 0 Å². The summed E-state index contributed by atoms with van der Waals surface area (Å²) in [6.45, 7) is 9.23. The van der Waals surface area contributed by atoms with Crippen LogP contribution >= 0.6 is 0 Å². The Morgan fingerprint density at radius 3 is 2.41 bits per heavy atom. The molecule has 1 atom stereocenters. The molecule has 8 nitrogen and oxygen atoms in total. The number of aromatic nitrogens is 1. The van der Waals surface area contributed by atoms with E-state index >= 15 is 0 Å². The maximum absolute atomic E-state index is 12.9. The number of ether oxygens (including phenoxy) is 4. The Bertz CT molecular complexity index is 1130. The Balaban J connectivity index is 1.47. The molecule has 3 aromatic rings. The Labute approximate surface area is 199 Å². The molecule has 0 radical (unpaired) electrons. The van der Waals surface area contributed by atoms with Crippen LogP contribution in [0.15, 0.2) is 40.9 Å². The van der Waals surface area contributed by atoms with E-state index < -0.39 is 0 Å². The topological polar surface area (TPSA) is 92.1 Å². The molecule has 0 aliphatic carbocycles. The van der Waals surface area contributed by atoms with Gasteiger partial charge in [0.2, 0.25) is 5.75 Å². The zero-order valence-electron chi connectivity index (χ0n) is 20.0. The molecule has 0 bridgehead atoms. The normalized spacial score (nSPS) is 14.3. The molecule has 0 saturated carbocycles. The molecular formula is C26H30N2O6. The average Bonchev–Trinajstić information content (AvgIpc) is 3.44. The second-order valence-corrected chi connectivity index (χ2v) is 7.92. The summed E-state index contributed by atoms with van der Waals surface area (Å²) < 4.78 is 28.4. The van der Waals surface area contributed by atoms with Crippen LogP contribution < -0.4 is 24.3 Å². The van der Waals surface area contributed by atoms with Crippen molar-refractivity contribution in [3.05, 3.63) is 53.2 Å². The van der Waals surface area contributed by atoms with Crippen molar-refractivity contribution in [2.24, 2.45) is 0 Å². The van der Waals surface area contributed by atoms with Gasteiger partial charge < -0.3 is 28.8 Å². The van der Waals surface area contributed by atoms with Crippen LogP contribution in [0.4, 0.5) is 0 Å². The van der Waals surface area contributed by atoms with Crippen molar-refractivity contribution in [3.63, 3.8) is 0 Å². The van der Waals surface area contributed by atoms with Crippen molar-refractivity contribution >= 4 is 5.91 Å². The lowest BCUT2D eigenvalue weighted by molar-refractivity contribution is 0.0949. The number of rotatable bonds is 10. The van der Waals surface area contributed by atoms with Gasteiger partial charge in [0.15, 0.2) is 17.3 Å². The number of nitrogens with zero attached hydrogens (tertiary/aromatic N) is 1. The van der Waals surface area contributed by atoms with E-state index in [1.807, 2.05) is 45.9 Å². The van der Waals surface area contributed by atoms with Crippen LogP contribution in [0.5, 0.6) is 23.0 Å². The number of carbonyl (C=O) groups is 1. The first-order valence-corrected chi connectivity index (χ1v) is 11.6. The van der Waals surface area contributed by atoms with Gasteiger partial charge in [-0.15, -0.1) is 0 Å². The second-order valence-electron chi connectivity index (χ2n) is 7.92. The lowest BCUT2D eigenvalue weighted by atomic mass is 10.1. The van der Waals surface area contributed by atoms with Gasteiger partial charge >= 0.3 is 0 Å². The van der Waals surface area contributed by atoms with Crippen molar-refractivity contribution in [2.75, 3.05) is 19.8 Å². The fourth-order valence-electron chi connectivity index (χ4n) is 3.90. The molecule has 1 N–H and O–H groups in total. The quantitative estimate of drug-likeness (QED) is 0.459. The molecular weight excluding hydrogens is 436 g/mol. The van der Waals surface area contributed by atoms with E-state index in [0.717, 1.165) is 23.3 Å². The van der Waals surface area contributed by atoms with Gasteiger partial charge in [-0.25, -0.2) is 0 Å². The number of hydrogen-bond donors (Lipinski definition) is 1. The van der Waals surface area contributed by atoms with Crippen LogP contribution in [-0.4, -0.2) is 37.0 Å². The van der Waals surface area contributed by atoms with Crippen LogP contribution in [0.25, 0.3) is 11.3 Å². The lowest BCUT2D eigenvalue weighted by Gasteiger charge is -2.17. The van der Waals surface area contributed by atoms with Crippen molar-refractivity contribution in [1.82, 2.24) is 10.5 Å². The van der Waals surface area contributed by atoms with Gasteiger partial charge in [-0.05, 0) is 63.6 Å². The Kier molecular flexibility index (Phi) is 7.25. The molecule has 180 valence electrons. The summed E-state index contributed by atoms with van der Waals surface area (Å²) in [5, 5.41) is 6.99. The first-order valence-electron chi connectivity index (χ1n) is 11.6. The highest BCUT2D eigenvalue weighted by Crippen LogP contribution is 2.39. The van der Waals surface area contributed by atoms with Gasteiger partial charge in [-0.2, -0.15) is 0 Å². The highest BCUT2D eigenvalue weighted by atomic mass is 16.5. The van der Waals surface area contributed by atoms with Crippen molar-refractivity contribution < 1.29 is 28.3 Å². The number of hydrogen-bond acceptors (Lipinski definition) is 7. The van der Waals surface area contributed by atoms with Crippen molar-refractivity contribution in [1.29, 1.82) is 0 Å². The molecule has 0 saturated heterocycles. The maximum Gasteiger partial charge on any atom is 0.251 e. The molecule has 4 rings (SSSR count). The first-order chi connectivity index (χ1) is 16.5. The third-order valence-corrected chi connectivity index (χ3v) is 5.34. The van der Waals surface area contributed by atoms with Crippen LogP contribution in [-0.2, 0) is 13.0 Å². The first kappa shape index (κ1) is 23.5. The Hall–Kier alpha value is -3.68. The second kappa shape index (κ2) is 10.5. The SMILES string of the molecule is CCOc1cc(C(=O)NCc2cc(-c3ccc4c(c3)CC(C)O4)on2)cc(OCC)c1OCC. The minimum Gasteiger partial charge on any atom is -0.490 e. The summed E-state index contributed by atoms with van der Waals surface area (Å²) in [6.07, 6.45) is 1.05. The number of carbonyl (C=O) groups excluding carboxylic acids is 1. The largest absolute Gasteiger partial charge is 0.490 e. The molecule has 1 aliphatic rings. The predicted octanol–water partition coefficient (Wildman–Crippen LogP) is 4.79. The van der Waals surface area contributed by atoms with Crippen LogP contribution in [0.1, 0.15) is 49.3 Å². The maximum atomic E-state index is 12.9. The fourth-order valence-corrected chi connectivity index (χ4v) is 3.90. The summed E-state index contributed by atoms with van der Waals surface area (Å²) in [6, 6.07) is 11.1. The van der Waals surface area contributed by atoms with E-state index in [4.69, 9.17) is 23.5 Å². The minimum absolute atomic E-state index is 0.180. The standard InChI is InChI=1S/C26H30N2O6/c1-5-30-23-12-19(13-24(31-6-2)25(23)32-7-3)26(29)27-15-20-14-22(34-28-20)17-8-9-21-18(11-17)10-16(4)33-21/h8-9,11-14,16H,5-7,10,15H2,1-4H3,(H,27,29). The molecule has 1 aromatic heterocycles. The molecule has 0 spiro atoms. The zero-order chi connectivity index (χ0) is 24.1. The lowest BCUT2D eigenvalue weighted by Crippen LogP contribution is -2.23. The van der Waals surface area contributed by atoms with E-state index in [-0.39, 0.29) is 18.6 Å². The Morgan fingerprint density at radius 1 is 1.03 bits per heavy atom. The minimum atomic E-state index is -0.279. The number of amides is 1. The summed E-state index contributed by atoms with van der Waals surface area (Å²) >= 11 is 0. The van der Waals surface area contributed by atoms with Crippen LogP contribution in [0, 0.1) is 0 Å². The van der Waals surface area contributed by atoms with Crippen LogP contribution in [0.3, 0.4) is 0 Å². The molecule has 34 heavy (non-hydrogen) atoms. The zero-order valence-corrected chi connectivity index (χ0v) is 20.0. The van der Waals surface area contributed by atoms with E-state index in [2.05, 4.69) is 16.5 Å². The van der Waals surface area contributed by atoms with E-state index in [1.54, 1.807) is 12.1 Å². The fraction of sp³-hybridized carbons (Fsp3) is 0.385. The molecule has 0 fully saturated rings. The molecule has 1 unspecified atom stereocenters. The number of benzene rings is 2. The van der Waals surface area contributed by atoms with E-state index in [1.165, 1.54) is 0 Å².